The SMILES string of the molecule is CO[C@H](C)C(=O)N1CCC(n2cccn2)CC1. The molecular weight excluding hydrogens is 218 g/mol. The Hall–Kier alpha value is -1.36. The second-order valence-corrected chi connectivity index (χ2v) is 4.42. The first-order valence-electron chi connectivity index (χ1n) is 6.03. The quantitative estimate of drug-likeness (QED) is 0.790. The van der Waals surface area contributed by atoms with Crippen LogP contribution < -0.4 is 0 Å². The highest BCUT2D eigenvalue weighted by Gasteiger charge is 2.26. The summed E-state index contributed by atoms with van der Waals surface area (Å²) in [7, 11) is 1.57. The predicted molar refractivity (Wildman–Crippen MR) is 63.5 cm³/mol. The van der Waals surface area contributed by atoms with Gasteiger partial charge in [-0.3, -0.25) is 9.48 Å². The monoisotopic (exact) mass is 237 g/mol. The van der Waals surface area contributed by atoms with Crippen molar-refractivity contribution in [3.05, 3.63) is 18.5 Å². The molecular formula is C12H19N3O2. The van der Waals surface area contributed by atoms with Crippen molar-refractivity contribution in [3.8, 4) is 0 Å². The Morgan fingerprint density at radius 1 is 1.47 bits per heavy atom. The van der Waals surface area contributed by atoms with Crippen LogP contribution in [-0.2, 0) is 9.53 Å². The van der Waals surface area contributed by atoms with Crippen LogP contribution in [0.4, 0.5) is 0 Å². The van der Waals surface area contributed by atoms with Crippen molar-refractivity contribution in [2.75, 3.05) is 20.2 Å². The van der Waals surface area contributed by atoms with Crippen LogP contribution in [0.1, 0.15) is 25.8 Å². The molecule has 17 heavy (non-hydrogen) atoms. The van der Waals surface area contributed by atoms with E-state index in [-0.39, 0.29) is 12.0 Å². The number of carbonyl (C=O) groups is 1. The van der Waals surface area contributed by atoms with Crippen LogP contribution in [0.15, 0.2) is 18.5 Å². The molecule has 1 aromatic rings. The molecule has 2 heterocycles. The van der Waals surface area contributed by atoms with Gasteiger partial charge in [-0.2, -0.15) is 5.10 Å². The van der Waals surface area contributed by atoms with E-state index < -0.39 is 0 Å². The average Bonchev–Trinajstić information content (AvgIpc) is 2.91. The van der Waals surface area contributed by atoms with E-state index in [1.807, 2.05) is 21.8 Å². The van der Waals surface area contributed by atoms with Gasteiger partial charge in [-0.05, 0) is 25.8 Å². The Balaban J connectivity index is 1.88. The lowest BCUT2D eigenvalue weighted by atomic mass is 10.0. The second kappa shape index (κ2) is 5.31. The van der Waals surface area contributed by atoms with Gasteiger partial charge in [0.2, 0.25) is 0 Å². The maximum absolute atomic E-state index is 11.9. The highest BCUT2D eigenvalue weighted by atomic mass is 16.5. The van der Waals surface area contributed by atoms with Crippen molar-refractivity contribution in [1.29, 1.82) is 0 Å². The van der Waals surface area contributed by atoms with Crippen LogP contribution in [0.5, 0.6) is 0 Å². The number of aromatic nitrogens is 2. The van der Waals surface area contributed by atoms with Crippen LogP contribution in [0.25, 0.3) is 0 Å². The van der Waals surface area contributed by atoms with Crippen LogP contribution in [0.3, 0.4) is 0 Å². The van der Waals surface area contributed by atoms with Gasteiger partial charge in [-0.15, -0.1) is 0 Å². The summed E-state index contributed by atoms with van der Waals surface area (Å²) in [5.74, 6) is 0.0893. The van der Waals surface area contributed by atoms with Crippen LogP contribution >= 0.6 is 0 Å². The summed E-state index contributed by atoms with van der Waals surface area (Å²) >= 11 is 0. The van der Waals surface area contributed by atoms with E-state index in [4.69, 9.17) is 4.74 Å². The average molecular weight is 237 g/mol. The highest BCUT2D eigenvalue weighted by molar-refractivity contribution is 5.80. The molecule has 5 nitrogen and oxygen atoms in total. The molecule has 2 rings (SSSR count). The molecule has 1 aliphatic heterocycles. The third-order valence-electron chi connectivity index (χ3n) is 3.38. The summed E-state index contributed by atoms with van der Waals surface area (Å²) in [5, 5.41) is 4.25. The number of hydrogen-bond acceptors (Lipinski definition) is 3. The summed E-state index contributed by atoms with van der Waals surface area (Å²) in [6.07, 6.45) is 5.37. The molecule has 0 radical (unpaired) electrons. The molecule has 0 aromatic carbocycles. The lowest BCUT2D eigenvalue weighted by Crippen LogP contribution is -2.43. The smallest absolute Gasteiger partial charge is 0.251 e. The molecule has 0 bridgehead atoms. The topological polar surface area (TPSA) is 47.4 Å². The van der Waals surface area contributed by atoms with Crippen molar-refractivity contribution in [1.82, 2.24) is 14.7 Å². The number of carbonyl (C=O) groups excluding carboxylic acids is 1. The number of amides is 1. The van der Waals surface area contributed by atoms with Gasteiger partial charge in [0.05, 0.1) is 6.04 Å². The Morgan fingerprint density at radius 3 is 2.71 bits per heavy atom. The predicted octanol–water partition coefficient (Wildman–Crippen LogP) is 1.08. The van der Waals surface area contributed by atoms with E-state index in [1.54, 1.807) is 20.2 Å². The molecule has 0 spiro atoms. The van der Waals surface area contributed by atoms with Gasteiger partial charge in [0, 0.05) is 32.6 Å². The summed E-state index contributed by atoms with van der Waals surface area (Å²) < 4.78 is 7.04. The van der Waals surface area contributed by atoms with Gasteiger partial charge < -0.3 is 9.64 Å². The Morgan fingerprint density at radius 2 is 2.18 bits per heavy atom. The van der Waals surface area contributed by atoms with Crippen molar-refractivity contribution in [3.63, 3.8) is 0 Å². The summed E-state index contributed by atoms with van der Waals surface area (Å²) in [6, 6.07) is 2.36. The summed E-state index contributed by atoms with van der Waals surface area (Å²) in [4.78, 5) is 13.8. The largest absolute Gasteiger partial charge is 0.372 e. The maximum atomic E-state index is 11.9. The second-order valence-electron chi connectivity index (χ2n) is 4.42. The minimum absolute atomic E-state index is 0.0893. The standard InChI is InChI=1S/C12H19N3O2/c1-10(17-2)12(16)14-8-4-11(5-9-14)15-7-3-6-13-15/h3,6-7,10-11H,4-5,8-9H2,1-2H3/t10-/m1/s1. The zero-order valence-electron chi connectivity index (χ0n) is 10.4. The zero-order chi connectivity index (χ0) is 12.3. The zero-order valence-corrected chi connectivity index (χ0v) is 10.4. The Kier molecular flexibility index (Phi) is 3.78. The molecule has 1 aliphatic rings. The normalized spacial score (nSPS) is 19.3. The van der Waals surface area contributed by atoms with Crippen molar-refractivity contribution < 1.29 is 9.53 Å². The molecule has 0 unspecified atom stereocenters. The van der Waals surface area contributed by atoms with Crippen LogP contribution in [0, 0.1) is 0 Å². The summed E-state index contributed by atoms with van der Waals surface area (Å²) in [6.45, 7) is 3.37. The Bertz CT molecular complexity index is 356. The molecule has 0 aliphatic carbocycles. The number of rotatable bonds is 3. The first kappa shape index (κ1) is 12.1. The molecule has 1 saturated heterocycles. The molecule has 5 heteroatoms. The summed E-state index contributed by atoms with van der Waals surface area (Å²) in [5.41, 5.74) is 0. The molecule has 1 atom stereocenters. The fourth-order valence-electron chi connectivity index (χ4n) is 2.21. The molecule has 1 amide bonds. The number of ether oxygens (including phenoxy) is 1. The van der Waals surface area contributed by atoms with Crippen LogP contribution in [-0.4, -0.2) is 46.9 Å². The lowest BCUT2D eigenvalue weighted by molar-refractivity contribution is -0.142. The first-order valence-corrected chi connectivity index (χ1v) is 6.03. The lowest BCUT2D eigenvalue weighted by Gasteiger charge is -2.33. The van der Waals surface area contributed by atoms with Gasteiger partial charge in [0.1, 0.15) is 6.10 Å². The molecule has 0 N–H and O–H groups in total. The van der Waals surface area contributed by atoms with Gasteiger partial charge in [0.25, 0.3) is 5.91 Å². The third kappa shape index (κ3) is 2.66. The van der Waals surface area contributed by atoms with Gasteiger partial charge in [-0.25, -0.2) is 0 Å². The van der Waals surface area contributed by atoms with E-state index >= 15 is 0 Å². The minimum Gasteiger partial charge on any atom is -0.372 e. The van der Waals surface area contributed by atoms with Gasteiger partial charge in [-0.1, -0.05) is 0 Å². The van der Waals surface area contributed by atoms with E-state index in [9.17, 15) is 4.79 Å². The van der Waals surface area contributed by atoms with E-state index in [0.29, 0.717) is 6.04 Å². The number of piperidine rings is 1. The number of nitrogens with zero attached hydrogens (tertiary/aromatic N) is 3. The highest BCUT2D eigenvalue weighted by Crippen LogP contribution is 2.21. The fraction of sp³-hybridized carbons (Fsp3) is 0.667. The van der Waals surface area contributed by atoms with E-state index in [0.717, 1.165) is 25.9 Å². The van der Waals surface area contributed by atoms with E-state index in [1.165, 1.54) is 0 Å². The molecule has 1 aromatic heterocycles. The van der Waals surface area contributed by atoms with Gasteiger partial charge >= 0.3 is 0 Å². The van der Waals surface area contributed by atoms with Gasteiger partial charge in [0.15, 0.2) is 0 Å². The fourth-order valence-corrected chi connectivity index (χ4v) is 2.21. The third-order valence-corrected chi connectivity index (χ3v) is 3.38. The van der Waals surface area contributed by atoms with E-state index in [2.05, 4.69) is 5.10 Å². The van der Waals surface area contributed by atoms with Crippen molar-refractivity contribution >= 4 is 5.91 Å². The number of hydrogen-bond donors (Lipinski definition) is 0. The molecule has 1 fully saturated rings. The minimum atomic E-state index is -0.337. The number of methoxy groups -OCH3 is 1. The molecule has 94 valence electrons. The Labute approximate surface area is 101 Å². The van der Waals surface area contributed by atoms with Crippen molar-refractivity contribution in [2.24, 2.45) is 0 Å². The molecule has 0 saturated carbocycles. The first-order chi connectivity index (χ1) is 8.22. The van der Waals surface area contributed by atoms with Crippen LogP contribution in [0.2, 0.25) is 0 Å². The van der Waals surface area contributed by atoms with Crippen molar-refractivity contribution in [2.45, 2.75) is 31.9 Å². The number of likely N-dealkylation sites (tertiary alicyclic amines) is 1. The maximum Gasteiger partial charge on any atom is 0.251 e.